The number of aromatic amines is 1. The van der Waals surface area contributed by atoms with Gasteiger partial charge in [-0.05, 0) is 117 Å². The Labute approximate surface area is 290 Å². The van der Waals surface area contributed by atoms with Crippen LogP contribution < -0.4 is 16.0 Å². The average Bonchev–Trinajstić information content (AvgIpc) is 3.63. The Bertz CT molecular complexity index is 1790. The van der Waals surface area contributed by atoms with Crippen molar-refractivity contribution in [2.75, 3.05) is 11.9 Å². The van der Waals surface area contributed by atoms with Gasteiger partial charge in [0.2, 0.25) is 17.6 Å². The van der Waals surface area contributed by atoms with Gasteiger partial charge in [-0.15, -0.1) is 10.2 Å². The number of hydrogen-bond donors (Lipinski definition) is 5. The first-order valence-electron chi connectivity index (χ1n) is 16.7. The number of nitrogens with zero attached hydrogens (tertiary/aromatic N) is 3. The van der Waals surface area contributed by atoms with Crippen LogP contribution in [0.15, 0.2) is 66.7 Å². The molecule has 1 atom stereocenters. The van der Waals surface area contributed by atoms with Crippen LogP contribution in [0, 0.1) is 18.8 Å². The van der Waals surface area contributed by atoms with Crippen molar-refractivity contribution in [1.82, 2.24) is 31.3 Å². The maximum Gasteiger partial charge on any atom is 0.407 e. The van der Waals surface area contributed by atoms with E-state index in [9.17, 15) is 24.3 Å². The first kappa shape index (κ1) is 35.7. The second-order valence-electron chi connectivity index (χ2n) is 13.7. The Kier molecular flexibility index (Phi) is 11.2. The van der Waals surface area contributed by atoms with Crippen LogP contribution in [0.4, 0.5) is 10.5 Å². The van der Waals surface area contributed by atoms with Crippen LogP contribution in [0.3, 0.4) is 0 Å². The van der Waals surface area contributed by atoms with E-state index >= 15 is 0 Å². The van der Waals surface area contributed by atoms with E-state index in [1.165, 1.54) is 0 Å². The van der Waals surface area contributed by atoms with Crippen molar-refractivity contribution in [3.63, 3.8) is 0 Å². The molecule has 5 rings (SSSR count). The highest BCUT2D eigenvalue weighted by Crippen LogP contribution is 2.29. The van der Waals surface area contributed by atoms with Crippen LogP contribution >= 0.6 is 0 Å². The fraction of sp³-hybridized carbons (Fsp3) is 0.378. The lowest BCUT2D eigenvalue weighted by Crippen LogP contribution is -2.48. The molecule has 50 heavy (non-hydrogen) atoms. The predicted molar refractivity (Wildman–Crippen MR) is 187 cm³/mol. The molecule has 5 N–H and O–H groups in total. The molecule has 4 aromatic rings. The van der Waals surface area contributed by atoms with Crippen molar-refractivity contribution in [3.05, 3.63) is 83.4 Å². The van der Waals surface area contributed by atoms with Crippen LogP contribution in [0.25, 0.3) is 22.5 Å². The van der Waals surface area contributed by atoms with Gasteiger partial charge in [0, 0.05) is 30.1 Å². The first-order valence-corrected chi connectivity index (χ1v) is 16.7. The van der Waals surface area contributed by atoms with Crippen molar-refractivity contribution >= 4 is 29.6 Å². The lowest BCUT2D eigenvalue weighted by molar-refractivity contribution is -0.130. The first-order chi connectivity index (χ1) is 23.8. The number of carbonyl (C=O) groups excluding carboxylic acids is 3. The Hall–Kier alpha value is -5.59. The van der Waals surface area contributed by atoms with Crippen molar-refractivity contribution in [3.8, 4) is 22.5 Å². The summed E-state index contributed by atoms with van der Waals surface area (Å²) in [6.07, 6.45) is 2.60. The van der Waals surface area contributed by atoms with E-state index < -0.39 is 23.7 Å². The number of aromatic nitrogens is 4. The van der Waals surface area contributed by atoms with Crippen LogP contribution in [0.1, 0.15) is 67.9 Å². The molecule has 0 saturated heterocycles. The number of carboxylic acids is 1. The summed E-state index contributed by atoms with van der Waals surface area (Å²) >= 11 is 0. The zero-order chi connectivity index (χ0) is 35.8. The summed E-state index contributed by atoms with van der Waals surface area (Å²) in [6.45, 7) is 7.69. The third-order valence-corrected chi connectivity index (χ3v) is 8.74. The zero-order valence-corrected chi connectivity index (χ0v) is 28.7. The van der Waals surface area contributed by atoms with Gasteiger partial charge in [0.1, 0.15) is 11.6 Å². The van der Waals surface area contributed by atoms with Crippen LogP contribution in [-0.4, -0.2) is 67.8 Å². The van der Waals surface area contributed by atoms with E-state index in [-0.39, 0.29) is 35.6 Å². The molecule has 13 heteroatoms. The maximum atomic E-state index is 13.7. The number of benzene rings is 3. The summed E-state index contributed by atoms with van der Waals surface area (Å²) in [7, 11) is 0. The fourth-order valence-electron chi connectivity index (χ4n) is 5.99. The third-order valence-electron chi connectivity index (χ3n) is 8.74. The lowest BCUT2D eigenvalue weighted by atomic mass is 9.81. The monoisotopic (exact) mass is 681 g/mol. The summed E-state index contributed by atoms with van der Waals surface area (Å²) in [6, 6.07) is 19.0. The lowest BCUT2D eigenvalue weighted by Gasteiger charge is -2.29. The Morgan fingerprint density at radius 1 is 0.920 bits per heavy atom. The number of carboxylic acid groups (broad SMARTS) is 1. The van der Waals surface area contributed by atoms with Gasteiger partial charge in [-0.2, -0.15) is 5.21 Å². The molecular formula is C37H43N7O6. The number of aromatic carboxylic acids is 1. The minimum absolute atomic E-state index is 0.186. The summed E-state index contributed by atoms with van der Waals surface area (Å²) in [5, 5.41) is 32.3. The molecule has 3 amide bonds. The molecule has 1 aromatic heterocycles. The molecule has 262 valence electrons. The molecule has 13 nitrogen and oxygen atoms in total. The van der Waals surface area contributed by atoms with Gasteiger partial charge in [0.25, 0.3) is 0 Å². The largest absolute Gasteiger partial charge is 0.478 e. The minimum atomic E-state index is -0.985. The van der Waals surface area contributed by atoms with Crippen LogP contribution in [-0.2, 0) is 20.7 Å². The molecular weight excluding hydrogens is 638 g/mol. The van der Waals surface area contributed by atoms with Gasteiger partial charge >= 0.3 is 12.1 Å². The van der Waals surface area contributed by atoms with Gasteiger partial charge in [0.15, 0.2) is 0 Å². The molecule has 1 aliphatic carbocycles. The number of carbonyl (C=O) groups is 4. The van der Waals surface area contributed by atoms with Gasteiger partial charge < -0.3 is 25.8 Å². The van der Waals surface area contributed by atoms with E-state index in [0.29, 0.717) is 36.5 Å². The molecule has 0 bridgehead atoms. The molecule has 3 aromatic carbocycles. The standard InChI is InChI=1S/C37H43N7O6/c1-22-5-10-28(20-30(22)35(47)48)25-11-6-23(7-12-25)19-31(34(46)39-29-17-15-26(16-18-29)32-41-43-44-42-32)40-33(45)27-13-8-24(9-14-27)21-38-36(49)50-37(2,3)4/h5-7,10-12,15-18,20,24,27,31H,8-9,13-14,19,21H2,1-4H3,(H,38,49)(H,39,46)(H,40,45)(H,47,48)(H,41,42,43,44). The highest BCUT2D eigenvalue weighted by atomic mass is 16.6. The quantitative estimate of drug-likeness (QED) is 0.135. The van der Waals surface area contributed by atoms with E-state index in [1.807, 2.05) is 51.1 Å². The molecule has 1 heterocycles. The van der Waals surface area contributed by atoms with Crippen molar-refractivity contribution < 1.29 is 29.0 Å². The molecule has 1 unspecified atom stereocenters. The number of nitrogens with one attached hydrogen (secondary N) is 4. The summed E-state index contributed by atoms with van der Waals surface area (Å²) in [4.78, 5) is 51.0. The van der Waals surface area contributed by atoms with Crippen LogP contribution in [0.2, 0.25) is 0 Å². The number of alkyl carbamates (subject to hydrolysis) is 1. The van der Waals surface area contributed by atoms with E-state index in [1.54, 1.807) is 43.3 Å². The predicted octanol–water partition coefficient (Wildman–Crippen LogP) is 5.54. The smallest absolute Gasteiger partial charge is 0.407 e. The number of amides is 3. The maximum absolute atomic E-state index is 13.7. The highest BCUT2D eigenvalue weighted by Gasteiger charge is 2.30. The normalized spacial score (nSPS) is 16.6. The van der Waals surface area contributed by atoms with Gasteiger partial charge in [0.05, 0.1) is 5.56 Å². The van der Waals surface area contributed by atoms with E-state index in [4.69, 9.17) is 4.74 Å². The van der Waals surface area contributed by atoms with Crippen molar-refractivity contribution in [2.24, 2.45) is 11.8 Å². The number of rotatable bonds is 11. The highest BCUT2D eigenvalue weighted by molar-refractivity contribution is 5.98. The number of aryl methyl sites for hydroxylation is 1. The van der Waals surface area contributed by atoms with Crippen LogP contribution in [0.5, 0.6) is 0 Å². The SMILES string of the molecule is Cc1ccc(-c2ccc(CC(NC(=O)C3CCC(CNC(=O)OC(C)(C)C)CC3)C(=O)Nc3ccc(-c4nn[nH]n4)cc3)cc2)cc1C(=O)O. The second kappa shape index (κ2) is 15.7. The number of tetrazole rings is 1. The number of H-pyrrole nitrogens is 1. The topological polar surface area (TPSA) is 188 Å². The number of anilines is 1. The molecule has 0 radical (unpaired) electrons. The Morgan fingerprint density at radius 2 is 1.58 bits per heavy atom. The summed E-state index contributed by atoms with van der Waals surface area (Å²) in [5.74, 6) is -1.13. The second-order valence-corrected chi connectivity index (χ2v) is 13.7. The van der Waals surface area contributed by atoms with E-state index in [2.05, 4.69) is 36.6 Å². The molecule has 1 fully saturated rings. The van der Waals surface area contributed by atoms with Gasteiger partial charge in [-0.1, -0.05) is 36.4 Å². The number of ether oxygens (including phenoxy) is 1. The Morgan fingerprint density at radius 3 is 2.20 bits per heavy atom. The molecule has 1 saturated carbocycles. The van der Waals surface area contributed by atoms with E-state index in [0.717, 1.165) is 35.1 Å². The average molecular weight is 682 g/mol. The van der Waals surface area contributed by atoms with Gasteiger partial charge in [-0.3, -0.25) is 9.59 Å². The summed E-state index contributed by atoms with van der Waals surface area (Å²) < 4.78 is 5.33. The molecule has 0 spiro atoms. The third kappa shape index (κ3) is 9.74. The molecule has 0 aliphatic heterocycles. The number of hydrogen-bond acceptors (Lipinski definition) is 8. The zero-order valence-electron chi connectivity index (χ0n) is 28.7. The summed E-state index contributed by atoms with van der Waals surface area (Å²) in [5.41, 5.74) is 4.04. The van der Waals surface area contributed by atoms with Gasteiger partial charge in [-0.25, -0.2) is 9.59 Å². The van der Waals surface area contributed by atoms with Crippen molar-refractivity contribution in [2.45, 2.75) is 71.4 Å². The fourth-order valence-corrected chi connectivity index (χ4v) is 5.99. The minimum Gasteiger partial charge on any atom is -0.478 e. The van der Waals surface area contributed by atoms with Crippen molar-refractivity contribution in [1.29, 1.82) is 0 Å². The molecule has 1 aliphatic rings. The Balaban J connectivity index is 1.25.